The van der Waals surface area contributed by atoms with Gasteiger partial charge in [0, 0.05) is 21.4 Å². The highest BCUT2D eigenvalue weighted by molar-refractivity contribution is 8.00. The van der Waals surface area contributed by atoms with Gasteiger partial charge in [0.05, 0.1) is 15.8 Å². The van der Waals surface area contributed by atoms with Gasteiger partial charge in [0.15, 0.2) is 0 Å². The van der Waals surface area contributed by atoms with Gasteiger partial charge >= 0.3 is 0 Å². The van der Waals surface area contributed by atoms with Crippen molar-refractivity contribution in [1.82, 2.24) is 4.98 Å². The van der Waals surface area contributed by atoms with E-state index < -0.39 is 0 Å². The maximum Gasteiger partial charge on any atom is 0.256 e. The molecule has 5 heteroatoms. The van der Waals surface area contributed by atoms with Crippen molar-refractivity contribution in [3.8, 4) is 10.6 Å². The molecule has 0 fully saturated rings. The summed E-state index contributed by atoms with van der Waals surface area (Å²) in [5.74, 6) is -0.0861. The summed E-state index contributed by atoms with van der Waals surface area (Å²) < 4.78 is 1.19. The van der Waals surface area contributed by atoms with Gasteiger partial charge in [-0.25, -0.2) is 4.98 Å². The number of hydrogen-bond acceptors (Lipinski definition) is 4. The van der Waals surface area contributed by atoms with Gasteiger partial charge in [0.1, 0.15) is 5.01 Å². The number of thioether (sulfide) groups is 1. The average Bonchev–Trinajstić information content (AvgIpc) is 3.11. The number of hydrogen-bond donors (Lipinski definition) is 1. The van der Waals surface area contributed by atoms with Crippen LogP contribution >= 0.6 is 23.1 Å². The Morgan fingerprint density at radius 1 is 1.03 bits per heavy atom. The lowest BCUT2D eigenvalue weighted by molar-refractivity contribution is 0.102. The van der Waals surface area contributed by atoms with Gasteiger partial charge in [-0.05, 0) is 61.0 Å². The molecule has 1 heterocycles. The molecule has 0 aliphatic heterocycles. The number of rotatable bonds is 5. The third kappa shape index (κ3) is 4.52. The van der Waals surface area contributed by atoms with Crippen molar-refractivity contribution in [2.45, 2.75) is 30.9 Å². The zero-order chi connectivity index (χ0) is 20.4. The summed E-state index contributed by atoms with van der Waals surface area (Å²) >= 11 is 3.39. The molecule has 0 aliphatic carbocycles. The molecule has 4 rings (SSSR count). The Hall–Kier alpha value is -2.63. The predicted octanol–water partition coefficient (Wildman–Crippen LogP) is 7.02. The van der Waals surface area contributed by atoms with E-state index in [1.807, 2.05) is 48.5 Å². The molecule has 0 atom stereocenters. The maximum absolute atomic E-state index is 12.8. The minimum atomic E-state index is -0.0861. The zero-order valence-corrected chi connectivity index (χ0v) is 18.2. The second kappa shape index (κ2) is 8.39. The van der Waals surface area contributed by atoms with Gasteiger partial charge in [-0.1, -0.05) is 32.0 Å². The molecule has 3 nitrogen and oxygen atoms in total. The standard InChI is InChI=1S/C24H22N2OS2/c1-15(2)28-21-7-5-4-6-19(21)23(27)25-18-11-9-17(10-12-18)24-26-20-13-8-16(3)14-22(20)29-24/h4-15H,1-3H3,(H,25,27). The number of aromatic nitrogens is 1. The molecule has 1 aromatic heterocycles. The number of fused-ring (bicyclic) bond motifs is 1. The van der Waals surface area contributed by atoms with Crippen LogP contribution in [-0.2, 0) is 0 Å². The van der Waals surface area contributed by atoms with E-state index in [0.717, 1.165) is 26.7 Å². The Morgan fingerprint density at radius 2 is 1.79 bits per heavy atom. The fraction of sp³-hybridized carbons (Fsp3) is 0.167. The van der Waals surface area contributed by atoms with Crippen LogP contribution in [0.3, 0.4) is 0 Å². The first-order valence-corrected chi connectivity index (χ1v) is 11.2. The first-order chi connectivity index (χ1) is 14.0. The summed E-state index contributed by atoms with van der Waals surface area (Å²) in [5.41, 5.74) is 4.79. The molecule has 0 bridgehead atoms. The van der Waals surface area contributed by atoms with Crippen molar-refractivity contribution in [3.05, 3.63) is 77.9 Å². The molecule has 0 unspecified atom stereocenters. The number of amides is 1. The molecule has 146 valence electrons. The molecule has 0 radical (unpaired) electrons. The number of carbonyl (C=O) groups excluding carboxylic acids is 1. The van der Waals surface area contributed by atoms with Crippen LogP contribution in [0.5, 0.6) is 0 Å². The second-order valence-corrected chi connectivity index (χ2v) is 9.83. The number of benzene rings is 3. The van der Waals surface area contributed by atoms with Crippen LogP contribution < -0.4 is 5.32 Å². The van der Waals surface area contributed by atoms with E-state index in [1.54, 1.807) is 23.1 Å². The number of anilines is 1. The molecular weight excluding hydrogens is 396 g/mol. The topological polar surface area (TPSA) is 42.0 Å². The molecule has 1 amide bonds. The van der Waals surface area contributed by atoms with Crippen LogP contribution in [0, 0.1) is 6.92 Å². The van der Waals surface area contributed by atoms with Gasteiger partial charge in [-0.2, -0.15) is 0 Å². The SMILES string of the molecule is Cc1ccc2nc(-c3ccc(NC(=O)c4ccccc4SC(C)C)cc3)sc2c1. The van der Waals surface area contributed by atoms with E-state index in [1.165, 1.54) is 10.3 Å². The minimum absolute atomic E-state index is 0.0861. The van der Waals surface area contributed by atoms with Crippen LogP contribution in [0.2, 0.25) is 0 Å². The number of nitrogens with one attached hydrogen (secondary N) is 1. The maximum atomic E-state index is 12.8. The van der Waals surface area contributed by atoms with E-state index in [4.69, 9.17) is 4.98 Å². The fourth-order valence-electron chi connectivity index (χ4n) is 3.06. The summed E-state index contributed by atoms with van der Waals surface area (Å²) in [7, 11) is 0. The van der Waals surface area contributed by atoms with Crippen LogP contribution in [0.1, 0.15) is 29.8 Å². The monoisotopic (exact) mass is 418 g/mol. The fourth-order valence-corrected chi connectivity index (χ4v) is 5.08. The van der Waals surface area contributed by atoms with Crippen molar-refractivity contribution in [2.24, 2.45) is 0 Å². The van der Waals surface area contributed by atoms with Gasteiger partial charge in [0.25, 0.3) is 5.91 Å². The van der Waals surface area contributed by atoms with Crippen molar-refractivity contribution >= 4 is 44.9 Å². The van der Waals surface area contributed by atoms with Gasteiger partial charge in [0.2, 0.25) is 0 Å². The van der Waals surface area contributed by atoms with Gasteiger partial charge in [-0.15, -0.1) is 23.1 Å². The zero-order valence-electron chi connectivity index (χ0n) is 16.6. The molecule has 0 saturated carbocycles. The lowest BCUT2D eigenvalue weighted by Gasteiger charge is -2.11. The van der Waals surface area contributed by atoms with Crippen molar-refractivity contribution < 1.29 is 4.79 Å². The number of carbonyl (C=O) groups is 1. The molecule has 29 heavy (non-hydrogen) atoms. The highest BCUT2D eigenvalue weighted by Crippen LogP contribution is 2.32. The summed E-state index contributed by atoms with van der Waals surface area (Å²) in [6.45, 7) is 6.34. The Bertz CT molecular complexity index is 1160. The van der Waals surface area contributed by atoms with Gasteiger partial charge < -0.3 is 5.32 Å². The normalized spacial score (nSPS) is 11.2. The highest BCUT2D eigenvalue weighted by atomic mass is 32.2. The van der Waals surface area contributed by atoms with E-state index in [-0.39, 0.29) is 5.91 Å². The molecule has 3 aromatic carbocycles. The summed E-state index contributed by atoms with van der Waals surface area (Å²) in [5, 5.41) is 4.42. The smallest absolute Gasteiger partial charge is 0.256 e. The largest absolute Gasteiger partial charge is 0.322 e. The number of thiazole rings is 1. The van der Waals surface area contributed by atoms with E-state index in [9.17, 15) is 4.79 Å². The minimum Gasteiger partial charge on any atom is -0.322 e. The Morgan fingerprint density at radius 3 is 2.55 bits per heavy atom. The molecule has 1 N–H and O–H groups in total. The molecule has 4 aromatic rings. The first kappa shape index (κ1) is 19.7. The van der Waals surface area contributed by atoms with Crippen molar-refractivity contribution in [2.75, 3.05) is 5.32 Å². The van der Waals surface area contributed by atoms with Crippen LogP contribution in [-0.4, -0.2) is 16.1 Å². The summed E-state index contributed by atoms with van der Waals surface area (Å²) in [4.78, 5) is 18.5. The van der Waals surface area contributed by atoms with Crippen molar-refractivity contribution in [1.29, 1.82) is 0 Å². The molecular formula is C24H22N2OS2. The third-order valence-electron chi connectivity index (χ3n) is 4.43. The van der Waals surface area contributed by atoms with E-state index in [0.29, 0.717) is 10.8 Å². The van der Waals surface area contributed by atoms with Crippen LogP contribution in [0.4, 0.5) is 5.69 Å². The van der Waals surface area contributed by atoms with Crippen LogP contribution in [0.15, 0.2) is 71.6 Å². The van der Waals surface area contributed by atoms with Crippen molar-refractivity contribution in [3.63, 3.8) is 0 Å². The van der Waals surface area contributed by atoms with Crippen LogP contribution in [0.25, 0.3) is 20.8 Å². The Kier molecular flexibility index (Phi) is 5.69. The van der Waals surface area contributed by atoms with Gasteiger partial charge in [-0.3, -0.25) is 4.79 Å². The Balaban J connectivity index is 1.53. The average molecular weight is 419 g/mol. The quantitative estimate of drug-likeness (QED) is 0.354. The number of nitrogens with zero attached hydrogens (tertiary/aromatic N) is 1. The predicted molar refractivity (Wildman–Crippen MR) is 125 cm³/mol. The highest BCUT2D eigenvalue weighted by Gasteiger charge is 2.13. The van der Waals surface area contributed by atoms with E-state index in [2.05, 4.69) is 44.3 Å². The lowest BCUT2D eigenvalue weighted by Crippen LogP contribution is -2.13. The molecule has 0 spiro atoms. The second-order valence-electron chi connectivity index (χ2n) is 7.18. The lowest BCUT2D eigenvalue weighted by atomic mass is 10.2. The first-order valence-electron chi connectivity index (χ1n) is 9.54. The summed E-state index contributed by atoms with van der Waals surface area (Å²) in [6, 6.07) is 21.9. The third-order valence-corrected chi connectivity index (χ3v) is 6.58. The number of aryl methyl sites for hydroxylation is 1. The Labute approximate surface area is 179 Å². The molecule has 0 aliphatic rings. The molecule has 0 saturated heterocycles. The summed E-state index contributed by atoms with van der Waals surface area (Å²) in [6.07, 6.45) is 0. The van der Waals surface area contributed by atoms with E-state index >= 15 is 0 Å².